The molecule has 2 fully saturated rings. The van der Waals surface area contributed by atoms with E-state index in [9.17, 15) is 9.59 Å². The summed E-state index contributed by atoms with van der Waals surface area (Å²) >= 11 is 6.49. The Morgan fingerprint density at radius 1 is 1.18 bits per heavy atom. The first-order valence-electron chi connectivity index (χ1n) is 13.5. The van der Waals surface area contributed by atoms with Crippen LogP contribution in [0.15, 0.2) is 36.7 Å². The van der Waals surface area contributed by atoms with Gasteiger partial charge in [-0.15, -0.1) is 0 Å². The van der Waals surface area contributed by atoms with Crippen molar-refractivity contribution in [1.82, 2.24) is 25.2 Å². The summed E-state index contributed by atoms with van der Waals surface area (Å²) in [6, 6.07) is 7.14. The number of nitrogens with two attached hydrogens (primary N) is 1. The molecule has 5 N–H and O–H groups in total. The van der Waals surface area contributed by atoms with E-state index in [1.165, 1.54) is 4.90 Å². The van der Waals surface area contributed by atoms with Crippen molar-refractivity contribution < 1.29 is 14.3 Å². The zero-order chi connectivity index (χ0) is 27.7. The first-order valence-corrected chi connectivity index (χ1v) is 13.9. The Morgan fingerprint density at radius 2 is 1.95 bits per heavy atom. The summed E-state index contributed by atoms with van der Waals surface area (Å²) in [5.41, 5.74) is 8.06. The lowest BCUT2D eigenvalue weighted by Gasteiger charge is -2.32. The van der Waals surface area contributed by atoms with E-state index < -0.39 is 17.7 Å². The molecule has 1 aromatic carbocycles. The van der Waals surface area contributed by atoms with Crippen LogP contribution in [0, 0.1) is 0 Å². The molecule has 1 aliphatic heterocycles. The molecule has 3 aromatic rings. The van der Waals surface area contributed by atoms with Crippen molar-refractivity contribution >= 4 is 40.5 Å². The van der Waals surface area contributed by atoms with E-state index >= 15 is 0 Å². The average molecular weight is 554 g/mol. The summed E-state index contributed by atoms with van der Waals surface area (Å²) in [7, 11) is 0. The Balaban J connectivity index is 1.23. The lowest BCUT2D eigenvalue weighted by Crippen LogP contribution is -2.51. The fourth-order valence-corrected chi connectivity index (χ4v) is 5.66. The summed E-state index contributed by atoms with van der Waals surface area (Å²) in [6.45, 7) is 5.71. The molecule has 0 bridgehead atoms. The number of aromatic nitrogens is 3. The maximum absolute atomic E-state index is 13.2. The van der Waals surface area contributed by atoms with Crippen LogP contribution in [0.1, 0.15) is 52.9 Å². The number of benzene rings is 1. The van der Waals surface area contributed by atoms with Gasteiger partial charge in [-0.2, -0.15) is 0 Å². The van der Waals surface area contributed by atoms with Crippen LogP contribution in [-0.2, 0) is 9.53 Å². The van der Waals surface area contributed by atoms with Crippen molar-refractivity contribution in [2.75, 3.05) is 11.9 Å². The predicted molar refractivity (Wildman–Crippen MR) is 151 cm³/mol. The van der Waals surface area contributed by atoms with Crippen molar-refractivity contribution in [1.29, 1.82) is 0 Å². The summed E-state index contributed by atoms with van der Waals surface area (Å²) < 4.78 is 5.51. The zero-order valence-electron chi connectivity index (χ0n) is 22.5. The topological polar surface area (TPSA) is 138 Å². The second kappa shape index (κ2) is 11.0. The molecule has 2 amide bonds. The van der Waals surface area contributed by atoms with Gasteiger partial charge in [0.25, 0.3) is 0 Å². The molecule has 11 heteroatoms. The minimum atomic E-state index is -0.648. The number of fused-ring (bicyclic) bond motifs is 1. The van der Waals surface area contributed by atoms with E-state index in [0.29, 0.717) is 36.1 Å². The number of hydrogen-bond donors (Lipinski definition) is 4. The lowest BCUT2D eigenvalue weighted by atomic mass is 9.90. The Bertz CT molecular complexity index is 1350. The Morgan fingerprint density at radius 3 is 2.74 bits per heavy atom. The number of H-pyrrole nitrogens is 1. The van der Waals surface area contributed by atoms with E-state index in [0.717, 1.165) is 35.7 Å². The summed E-state index contributed by atoms with van der Waals surface area (Å²) in [5.74, 6) is 0.304. The number of carbonyl (C=O) groups is 2. The minimum Gasteiger partial charge on any atom is -0.444 e. The van der Waals surface area contributed by atoms with Gasteiger partial charge in [-0.25, -0.2) is 14.8 Å². The molecule has 5 rings (SSSR count). The van der Waals surface area contributed by atoms with Crippen molar-refractivity contribution in [3.8, 4) is 11.3 Å². The molecule has 0 radical (unpaired) electrons. The molecule has 1 saturated heterocycles. The first kappa shape index (κ1) is 27.2. The van der Waals surface area contributed by atoms with Gasteiger partial charge in [-0.3, -0.25) is 9.69 Å². The highest BCUT2D eigenvalue weighted by Crippen LogP contribution is 2.33. The number of amides is 2. The number of ether oxygens (including phenoxy) is 1. The number of carbonyl (C=O) groups excluding carboxylic acids is 2. The standard InChI is InChI=1S/C28H36ClN7O3/c1-28(2,3)39-27(38)36-15-16(30)11-23(36)25(37)33-17-7-6-8-18(12-17)34-26-32-14-21(29)24(35-26)20-13-31-22-10-5-4-9-19(20)22/h4-5,9-10,13-14,16-18,23,31H,6-8,11-12,15,30H2,1-3H3,(H,33,37)(H,32,34,35)/t16-,17-,18+,23-/m0/s1. The molecule has 1 aliphatic carbocycles. The minimum absolute atomic E-state index is 0.0403. The number of rotatable bonds is 5. The van der Waals surface area contributed by atoms with Gasteiger partial charge < -0.3 is 26.1 Å². The van der Waals surface area contributed by atoms with Crippen LogP contribution in [0.5, 0.6) is 0 Å². The van der Waals surface area contributed by atoms with Gasteiger partial charge in [-0.1, -0.05) is 29.8 Å². The van der Waals surface area contributed by atoms with Crippen molar-refractivity contribution in [2.24, 2.45) is 5.73 Å². The van der Waals surface area contributed by atoms with Gasteiger partial charge >= 0.3 is 6.09 Å². The van der Waals surface area contributed by atoms with Crippen molar-refractivity contribution in [3.63, 3.8) is 0 Å². The zero-order valence-corrected chi connectivity index (χ0v) is 23.3. The van der Waals surface area contributed by atoms with Gasteiger partial charge in [0.1, 0.15) is 11.6 Å². The average Bonchev–Trinajstić information content (AvgIpc) is 3.48. The molecule has 10 nitrogen and oxygen atoms in total. The third-order valence-corrected chi connectivity index (χ3v) is 7.48. The number of nitrogens with zero attached hydrogens (tertiary/aromatic N) is 3. The van der Waals surface area contributed by atoms with Crippen LogP contribution < -0.4 is 16.4 Å². The summed E-state index contributed by atoms with van der Waals surface area (Å²) in [4.78, 5) is 39.8. The maximum Gasteiger partial charge on any atom is 0.411 e. The fraction of sp³-hybridized carbons (Fsp3) is 0.500. The van der Waals surface area contributed by atoms with Gasteiger partial charge in [-0.05, 0) is 58.9 Å². The predicted octanol–water partition coefficient (Wildman–Crippen LogP) is 4.45. The molecule has 2 aromatic heterocycles. The quantitative estimate of drug-likeness (QED) is 0.366. The molecular weight excluding hydrogens is 518 g/mol. The number of anilines is 1. The largest absolute Gasteiger partial charge is 0.444 e. The lowest BCUT2D eigenvalue weighted by molar-refractivity contribution is -0.126. The number of likely N-dealkylation sites (tertiary alicyclic amines) is 1. The number of para-hydroxylation sites is 1. The molecule has 208 valence electrons. The molecule has 39 heavy (non-hydrogen) atoms. The summed E-state index contributed by atoms with van der Waals surface area (Å²) in [6.07, 6.45) is 6.86. The molecule has 0 spiro atoms. The number of hydrogen-bond acceptors (Lipinski definition) is 7. The molecular formula is C28H36ClN7O3. The van der Waals surface area contributed by atoms with Gasteiger partial charge in [0.2, 0.25) is 11.9 Å². The fourth-order valence-electron chi connectivity index (χ4n) is 5.46. The molecule has 0 unspecified atom stereocenters. The van der Waals surface area contributed by atoms with Crippen LogP contribution in [0.25, 0.3) is 22.2 Å². The van der Waals surface area contributed by atoms with E-state index in [-0.39, 0.29) is 24.0 Å². The Hall–Kier alpha value is -3.37. The van der Waals surface area contributed by atoms with Crippen molar-refractivity contribution in [3.05, 3.63) is 41.7 Å². The first-order chi connectivity index (χ1) is 18.6. The highest BCUT2D eigenvalue weighted by molar-refractivity contribution is 6.33. The number of nitrogens with one attached hydrogen (secondary N) is 3. The van der Waals surface area contributed by atoms with Gasteiger partial charge in [0, 0.05) is 47.3 Å². The van der Waals surface area contributed by atoms with Crippen LogP contribution in [0.3, 0.4) is 0 Å². The van der Waals surface area contributed by atoms with Crippen LogP contribution in [-0.4, -0.2) is 68.2 Å². The smallest absolute Gasteiger partial charge is 0.411 e. The summed E-state index contributed by atoms with van der Waals surface area (Å²) in [5, 5.41) is 8.12. The normalized spacial score (nSPS) is 23.6. The van der Waals surface area contributed by atoms with Crippen LogP contribution in [0.4, 0.5) is 10.7 Å². The van der Waals surface area contributed by atoms with Gasteiger partial charge in [0.05, 0.1) is 16.9 Å². The van der Waals surface area contributed by atoms with E-state index in [2.05, 4.69) is 20.6 Å². The SMILES string of the molecule is CC(C)(C)OC(=O)N1C[C@@H](N)C[C@H]1C(=O)N[C@H]1CCC[C@@H](Nc2ncc(Cl)c(-c3c[nH]c4ccccc34)n2)C1. The monoisotopic (exact) mass is 553 g/mol. The highest BCUT2D eigenvalue weighted by atomic mass is 35.5. The molecule has 3 heterocycles. The Kier molecular flexibility index (Phi) is 7.68. The van der Waals surface area contributed by atoms with E-state index in [1.54, 1.807) is 27.0 Å². The third kappa shape index (κ3) is 6.28. The van der Waals surface area contributed by atoms with E-state index in [4.69, 9.17) is 27.1 Å². The number of aromatic amines is 1. The Labute approximate surface area is 233 Å². The maximum atomic E-state index is 13.2. The molecule has 2 aliphatic rings. The molecule has 1 saturated carbocycles. The third-order valence-electron chi connectivity index (χ3n) is 7.21. The van der Waals surface area contributed by atoms with Crippen LogP contribution in [0.2, 0.25) is 5.02 Å². The highest BCUT2D eigenvalue weighted by Gasteiger charge is 2.41. The van der Waals surface area contributed by atoms with Gasteiger partial charge in [0.15, 0.2) is 0 Å². The van der Waals surface area contributed by atoms with E-state index in [1.807, 2.05) is 30.5 Å². The van der Waals surface area contributed by atoms with Crippen LogP contribution >= 0.6 is 11.6 Å². The molecule has 4 atom stereocenters. The van der Waals surface area contributed by atoms with Crippen molar-refractivity contribution in [2.45, 2.75) is 82.6 Å². The second-order valence-corrected chi connectivity index (χ2v) is 11.9. The number of halogens is 1. The second-order valence-electron chi connectivity index (χ2n) is 11.5.